The number of ether oxygens (including phenoxy) is 1. The fraction of sp³-hybridized carbons (Fsp3) is 0.438. The largest absolute Gasteiger partial charge is 0.450 e. The topological polar surface area (TPSA) is 112 Å². The van der Waals surface area contributed by atoms with Gasteiger partial charge in [-0.25, -0.2) is 13.2 Å². The van der Waals surface area contributed by atoms with Crippen LogP contribution in [-0.2, 0) is 14.6 Å². The standard InChI is InChI=1S/C16H20N4O4S/c1-2-24-16(21)20-8-5-13(6-9-20)19-12-15(10-17)25(22,23)14-4-3-7-18-11-14/h3-4,7,11-13,19H,2,5-6,8-9H2,1H3. The highest BCUT2D eigenvalue weighted by Crippen LogP contribution is 2.18. The number of amides is 1. The predicted octanol–water partition coefficient (Wildman–Crippen LogP) is 1.43. The summed E-state index contributed by atoms with van der Waals surface area (Å²) in [6, 6.07) is 4.60. The maximum absolute atomic E-state index is 12.4. The third-order valence-corrected chi connectivity index (χ3v) is 5.47. The van der Waals surface area contributed by atoms with Gasteiger partial charge in [0, 0.05) is 37.7 Å². The Morgan fingerprint density at radius 3 is 2.80 bits per heavy atom. The molecule has 134 valence electrons. The van der Waals surface area contributed by atoms with Gasteiger partial charge in [-0.15, -0.1) is 0 Å². The molecule has 1 aromatic rings. The maximum atomic E-state index is 12.4. The number of pyridine rings is 1. The molecule has 1 aliphatic rings. The lowest BCUT2D eigenvalue weighted by Gasteiger charge is -2.31. The summed E-state index contributed by atoms with van der Waals surface area (Å²) in [6.07, 6.45) is 4.84. The van der Waals surface area contributed by atoms with Gasteiger partial charge in [0.15, 0.2) is 4.91 Å². The molecule has 2 heterocycles. The van der Waals surface area contributed by atoms with Crippen molar-refractivity contribution in [3.63, 3.8) is 0 Å². The Kier molecular flexibility index (Phi) is 6.36. The molecule has 0 atom stereocenters. The van der Waals surface area contributed by atoms with E-state index in [9.17, 15) is 18.5 Å². The Morgan fingerprint density at radius 2 is 2.24 bits per heavy atom. The number of carbonyl (C=O) groups is 1. The van der Waals surface area contributed by atoms with E-state index in [1.807, 2.05) is 0 Å². The third kappa shape index (κ3) is 4.70. The van der Waals surface area contributed by atoms with Crippen LogP contribution in [0.5, 0.6) is 0 Å². The van der Waals surface area contributed by atoms with E-state index in [4.69, 9.17) is 4.74 Å². The normalized spacial score (nSPS) is 16.2. The van der Waals surface area contributed by atoms with Crippen LogP contribution in [0.2, 0.25) is 0 Å². The first-order chi connectivity index (χ1) is 12.0. The number of nitrogens with zero attached hydrogens (tertiary/aromatic N) is 3. The molecule has 1 saturated heterocycles. The van der Waals surface area contributed by atoms with Crippen LogP contribution in [0.4, 0.5) is 4.79 Å². The summed E-state index contributed by atoms with van der Waals surface area (Å²) >= 11 is 0. The number of allylic oxidation sites excluding steroid dienone is 1. The van der Waals surface area contributed by atoms with Gasteiger partial charge in [-0.2, -0.15) is 5.26 Å². The highest BCUT2D eigenvalue weighted by atomic mass is 32.2. The molecule has 1 fully saturated rings. The molecule has 0 unspecified atom stereocenters. The molecule has 9 heteroatoms. The average molecular weight is 364 g/mol. The second kappa shape index (κ2) is 8.48. The van der Waals surface area contributed by atoms with Gasteiger partial charge in [0.2, 0.25) is 9.84 Å². The summed E-state index contributed by atoms with van der Waals surface area (Å²) in [5.41, 5.74) is 0. The number of nitriles is 1. The molecule has 0 bridgehead atoms. The third-order valence-electron chi connectivity index (χ3n) is 3.82. The number of hydrogen-bond donors (Lipinski definition) is 1. The van der Waals surface area contributed by atoms with Crippen LogP contribution in [0.3, 0.4) is 0 Å². The van der Waals surface area contributed by atoms with Gasteiger partial charge in [0.25, 0.3) is 0 Å². The Morgan fingerprint density at radius 1 is 1.52 bits per heavy atom. The number of rotatable bonds is 5. The Balaban J connectivity index is 1.99. The molecule has 0 radical (unpaired) electrons. The second-order valence-electron chi connectivity index (χ2n) is 5.44. The van der Waals surface area contributed by atoms with Crippen LogP contribution < -0.4 is 5.32 Å². The van der Waals surface area contributed by atoms with E-state index >= 15 is 0 Å². The lowest BCUT2D eigenvalue weighted by atomic mass is 10.1. The zero-order valence-electron chi connectivity index (χ0n) is 13.9. The molecule has 0 spiro atoms. The van der Waals surface area contributed by atoms with Crippen LogP contribution in [0.1, 0.15) is 19.8 Å². The van der Waals surface area contributed by atoms with Crippen molar-refractivity contribution in [2.45, 2.75) is 30.7 Å². The number of hydrogen-bond acceptors (Lipinski definition) is 7. The number of aromatic nitrogens is 1. The minimum atomic E-state index is -3.89. The Bertz CT molecular complexity index is 763. The zero-order valence-corrected chi connectivity index (χ0v) is 14.7. The van der Waals surface area contributed by atoms with Gasteiger partial charge in [-0.05, 0) is 31.9 Å². The summed E-state index contributed by atoms with van der Waals surface area (Å²) in [7, 11) is -3.89. The minimum Gasteiger partial charge on any atom is -0.450 e. The van der Waals surface area contributed by atoms with Gasteiger partial charge in [0.05, 0.1) is 11.5 Å². The summed E-state index contributed by atoms with van der Waals surface area (Å²) in [5.74, 6) is 0. The van der Waals surface area contributed by atoms with Gasteiger partial charge >= 0.3 is 6.09 Å². The van der Waals surface area contributed by atoms with E-state index in [0.717, 1.165) is 0 Å². The summed E-state index contributed by atoms with van der Waals surface area (Å²) in [5, 5.41) is 12.2. The van der Waals surface area contributed by atoms with Gasteiger partial charge in [0.1, 0.15) is 6.07 Å². The number of nitrogens with one attached hydrogen (secondary N) is 1. The van der Waals surface area contributed by atoms with E-state index in [2.05, 4.69) is 10.3 Å². The summed E-state index contributed by atoms with van der Waals surface area (Å²) in [6.45, 7) is 3.11. The van der Waals surface area contributed by atoms with Crippen molar-refractivity contribution in [3.05, 3.63) is 35.6 Å². The molecule has 8 nitrogen and oxygen atoms in total. The van der Waals surface area contributed by atoms with Crippen molar-refractivity contribution in [2.75, 3.05) is 19.7 Å². The predicted molar refractivity (Wildman–Crippen MR) is 89.9 cm³/mol. The van der Waals surface area contributed by atoms with E-state index in [-0.39, 0.29) is 21.9 Å². The number of piperidine rings is 1. The zero-order chi connectivity index (χ0) is 18.3. The number of sulfone groups is 1. The van der Waals surface area contributed by atoms with E-state index in [1.165, 1.54) is 30.7 Å². The van der Waals surface area contributed by atoms with Gasteiger partial charge in [-0.1, -0.05) is 0 Å². The highest BCUT2D eigenvalue weighted by Gasteiger charge is 2.24. The molecule has 0 saturated carbocycles. The van der Waals surface area contributed by atoms with E-state index in [1.54, 1.807) is 17.9 Å². The average Bonchev–Trinajstić information content (AvgIpc) is 2.63. The molecule has 1 N–H and O–H groups in total. The molecule has 1 aliphatic heterocycles. The van der Waals surface area contributed by atoms with Crippen molar-refractivity contribution < 1.29 is 17.9 Å². The van der Waals surface area contributed by atoms with Crippen LogP contribution in [0.15, 0.2) is 40.5 Å². The molecule has 0 aliphatic carbocycles. The van der Waals surface area contributed by atoms with Crippen molar-refractivity contribution in [1.29, 1.82) is 5.26 Å². The van der Waals surface area contributed by atoms with Gasteiger partial charge < -0.3 is 15.0 Å². The van der Waals surface area contributed by atoms with Crippen molar-refractivity contribution >= 4 is 15.9 Å². The first-order valence-corrected chi connectivity index (χ1v) is 9.40. The first kappa shape index (κ1) is 18.7. The van der Waals surface area contributed by atoms with Crippen molar-refractivity contribution in [1.82, 2.24) is 15.2 Å². The second-order valence-corrected chi connectivity index (χ2v) is 7.36. The fourth-order valence-corrected chi connectivity index (χ4v) is 3.49. The Labute approximate surface area is 147 Å². The molecule has 1 aromatic heterocycles. The number of likely N-dealkylation sites (tertiary alicyclic amines) is 1. The Hall–Kier alpha value is -2.60. The van der Waals surface area contributed by atoms with E-state index < -0.39 is 9.84 Å². The van der Waals surface area contributed by atoms with Crippen LogP contribution in [-0.4, -0.2) is 50.1 Å². The SMILES string of the molecule is CCOC(=O)N1CCC(NC=C(C#N)S(=O)(=O)c2cccnc2)CC1. The lowest BCUT2D eigenvalue weighted by Crippen LogP contribution is -2.44. The van der Waals surface area contributed by atoms with E-state index in [0.29, 0.717) is 32.5 Å². The van der Waals surface area contributed by atoms with Crippen LogP contribution in [0.25, 0.3) is 0 Å². The smallest absolute Gasteiger partial charge is 0.409 e. The molecular formula is C16H20N4O4S. The number of carbonyl (C=O) groups excluding carboxylic acids is 1. The molecule has 1 amide bonds. The quantitative estimate of drug-likeness (QED) is 0.786. The van der Waals surface area contributed by atoms with Gasteiger partial charge in [-0.3, -0.25) is 4.98 Å². The lowest BCUT2D eigenvalue weighted by molar-refractivity contribution is 0.0960. The monoisotopic (exact) mass is 364 g/mol. The minimum absolute atomic E-state index is 0.0156. The fourth-order valence-electron chi connectivity index (χ4n) is 2.44. The molecule has 2 rings (SSSR count). The van der Waals surface area contributed by atoms with Crippen molar-refractivity contribution in [2.24, 2.45) is 0 Å². The maximum Gasteiger partial charge on any atom is 0.409 e. The summed E-state index contributed by atoms with van der Waals surface area (Å²) < 4.78 is 29.8. The van der Waals surface area contributed by atoms with Crippen LogP contribution >= 0.6 is 0 Å². The molecule has 0 aromatic carbocycles. The molecular weight excluding hydrogens is 344 g/mol. The summed E-state index contributed by atoms with van der Waals surface area (Å²) in [4.78, 5) is 16.6. The van der Waals surface area contributed by atoms with Crippen LogP contribution in [0, 0.1) is 11.3 Å². The van der Waals surface area contributed by atoms with Crippen molar-refractivity contribution in [3.8, 4) is 6.07 Å². The highest BCUT2D eigenvalue weighted by molar-refractivity contribution is 7.95. The molecule has 25 heavy (non-hydrogen) atoms. The first-order valence-electron chi connectivity index (χ1n) is 7.92.